The van der Waals surface area contributed by atoms with E-state index in [1.165, 1.54) is 0 Å². The Hall–Kier alpha value is -3.55. The van der Waals surface area contributed by atoms with Gasteiger partial charge in [0.15, 0.2) is 11.5 Å². The first kappa shape index (κ1) is 25.5. The Kier molecular flexibility index (Phi) is 8.46. The van der Waals surface area contributed by atoms with Gasteiger partial charge in [-0.25, -0.2) is 0 Å². The zero-order valence-electron chi connectivity index (χ0n) is 21.1. The maximum atomic E-state index is 13.4. The standard InChI is InChI=1S/C28H35N3O5/c1-3-30(4-2)28(34)26(29-27(33)22-11-12-23-24(18-22)36-19-35-23)21-14-16-31(17-15-21)25(32)13-10-20-8-6-5-7-9-20/h5-9,11-12,18,21,26H,3-4,10,13-17,19H2,1-2H3,(H,29,33)/t26-/m0/s1. The van der Waals surface area contributed by atoms with Gasteiger partial charge < -0.3 is 24.6 Å². The van der Waals surface area contributed by atoms with Crippen molar-refractivity contribution in [3.8, 4) is 11.5 Å². The van der Waals surface area contributed by atoms with Crippen LogP contribution in [0, 0.1) is 5.92 Å². The summed E-state index contributed by atoms with van der Waals surface area (Å²) in [5.41, 5.74) is 1.57. The number of fused-ring (bicyclic) bond motifs is 1. The summed E-state index contributed by atoms with van der Waals surface area (Å²) in [5, 5.41) is 3.00. The fourth-order valence-corrected chi connectivity index (χ4v) is 4.91. The lowest BCUT2D eigenvalue weighted by Crippen LogP contribution is -2.54. The minimum atomic E-state index is -0.649. The topological polar surface area (TPSA) is 88.2 Å². The molecule has 8 heteroatoms. The fourth-order valence-electron chi connectivity index (χ4n) is 4.91. The van der Waals surface area contributed by atoms with E-state index in [2.05, 4.69) is 5.32 Å². The Morgan fingerprint density at radius 1 is 1.00 bits per heavy atom. The van der Waals surface area contributed by atoms with Crippen LogP contribution in [-0.4, -0.2) is 66.5 Å². The van der Waals surface area contributed by atoms with Crippen LogP contribution >= 0.6 is 0 Å². The third-order valence-corrected chi connectivity index (χ3v) is 7.10. The number of carbonyl (C=O) groups is 3. The molecule has 2 aromatic rings. The summed E-state index contributed by atoms with van der Waals surface area (Å²) in [4.78, 5) is 43.0. The lowest BCUT2D eigenvalue weighted by molar-refractivity contribution is -0.136. The first-order valence-electron chi connectivity index (χ1n) is 12.8. The van der Waals surface area contributed by atoms with Crippen molar-refractivity contribution in [3.63, 3.8) is 0 Å². The number of amides is 3. The molecule has 0 radical (unpaired) electrons. The summed E-state index contributed by atoms with van der Waals surface area (Å²) in [6, 6.07) is 14.4. The van der Waals surface area contributed by atoms with Gasteiger partial charge in [0.25, 0.3) is 5.91 Å². The lowest BCUT2D eigenvalue weighted by Gasteiger charge is -2.37. The van der Waals surface area contributed by atoms with Crippen LogP contribution in [0.4, 0.5) is 0 Å². The highest BCUT2D eigenvalue weighted by Gasteiger charge is 2.35. The predicted octanol–water partition coefficient (Wildman–Crippen LogP) is 3.25. The molecule has 0 aromatic heterocycles. The zero-order chi connectivity index (χ0) is 25.5. The molecule has 0 unspecified atom stereocenters. The molecule has 8 nitrogen and oxygen atoms in total. The van der Waals surface area contributed by atoms with Gasteiger partial charge in [-0.05, 0) is 62.8 Å². The Morgan fingerprint density at radius 2 is 1.69 bits per heavy atom. The highest BCUT2D eigenvalue weighted by molar-refractivity contribution is 5.98. The molecule has 1 N–H and O–H groups in total. The van der Waals surface area contributed by atoms with E-state index in [0.717, 1.165) is 5.56 Å². The van der Waals surface area contributed by atoms with Crippen molar-refractivity contribution in [3.05, 3.63) is 59.7 Å². The number of nitrogens with zero attached hydrogens (tertiary/aromatic N) is 2. The highest BCUT2D eigenvalue weighted by Crippen LogP contribution is 2.32. The first-order chi connectivity index (χ1) is 17.5. The Balaban J connectivity index is 1.40. The van der Waals surface area contributed by atoms with Gasteiger partial charge in [0.1, 0.15) is 6.04 Å². The summed E-state index contributed by atoms with van der Waals surface area (Å²) in [5.74, 6) is 0.814. The van der Waals surface area contributed by atoms with Crippen LogP contribution in [-0.2, 0) is 16.0 Å². The molecule has 0 aliphatic carbocycles. The Morgan fingerprint density at radius 3 is 2.39 bits per heavy atom. The van der Waals surface area contributed by atoms with Crippen LogP contribution in [0.1, 0.15) is 49.0 Å². The van der Waals surface area contributed by atoms with Crippen molar-refractivity contribution in [2.45, 2.75) is 45.6 Å². The molecule has 192 valence electrons. The van der Waals surface area contributed by atoms with E-state index in [9.17, 15) is 14.4 Å². The summed E-state index contributed by atoms with van der Waals surface area (Å²) in [6.07, 6.45) is 2.51. The van der Waals surface area contributed by atoms with Crippen LogP contribution < -0.4 is 14.8 Å². The average Bonchev–Trinajstić information content (AvgIpc) is 3.39. The number of aryl methyl sites for hydroxylation is 1. The third-order valence-electron chi connectivity index (χ3n) is 7.10. The average molecular weight is 494 g/mol. The smallest absolute Gasteiger partial charge is 0.252 e. The van der Waals surface area contributed by atoms with Gasteiger partial charge in [0.05, 0.1) is 0 Å². The number of piperidine rings is 1. The second-order valence-corrected chi connectivity index (χ2v) is 9.23. The number of hydrogen-bond acceptors (Lipinski definition) is 5. The molecule has 4 rings (SSSR count). The quantitative estimate of drug-likeness (QED) is 0.579. The van der Waals surface area contributed by atoms with E-state index in [1.807, 2.05) is 49.1 Å². The highest BCUT2D eigenvalue weighted by atomic mass is 16.7. The van der Waals surface area contributed by atoms with E-state index in [0.29, 0.717) is 68.9 Å². The Bertz CT molecular complexity index is 1060. The minimum absolute atomic E-state index is 0.0470. The van der Waals surface area contributed by atoms with Crippen molar-refractivity contribution in [1.29, 1.82) is 0 Å². The van der Waals surface area contributed by atoms with Crippen LogP contribution in [0.5, 0.6) is 11.5 Å². The molecule has 2 aliphatic rings. The van der Waals surface area contributed by atoms with Crippen LogP contribution in [0.25, 0.3) is 0 Å². The molecule has 2 heterocycles. The van der Waals surface area contributed by atoms with Gasteiger partial charge in [0.2, 0.25) is 18.6 Å². The maximum Gasteiger partial charge on any atom is 0.252 e. The van der Waals surface area contributed by atoms with Crippen molar-refractivity contribution in [2.24, 2.45) is 5.92 Å². The minimum Gasteiger partial charge on any atom is -0.454 e. The van der Waals surface area contributed by atoms with Gasteiger partial charge in [-0.15, -0.1) is 0 Å². The van der Waals surface area contributed by atoms with E-state index < -0.39 is 6.04 Å². The van der Waals surface area contributed by atoms with E-state index >= 15 is 0 Å². The molecule has 3 amide bonds. The van der Waals surface area contributed by atoms with E-state index in [-0.39, 0.29) is 30.4 Å². The fraction of sp³-hybridized carbons (Fsp3) is 0.464. The Labute approximate surface area is 212 Å². The summed E-state index contributed by atoms with van der Waals surface area (Å²) >= 11 is 0. The molecule has 0 bridgehead atoms. The third kappa shape index (κ3) is 5.98. The SMILES string of the molecule is CCN(CC)C(=O)[C@@H](NC(=O)c1ccc2c(c1)OCO2)C1CCN(C(=O)CCc2ccccc2)CC1. The molecule has 1 saturated heterocycles. The number of carbonyl (C=O) groups excluding carboxylic acids is 3. The number of ether oxygens (including phenoxy) is 2. The summed E-state index contributed by atoms with van der Waals surface area (Å²) in [6.45, 7) is 6.32. The normalized spacial score (nSPS) is 15.9. The molecular weight excluding hydrogens is 458 g/mol. The largest absolute Gasteiger partial charge is 0.454 e. The number of nitrogens with one attached hydrogen (secondary N) is 1. The van der Waals surface area contributed by atoms with Crippen molar-refractivity contribution >= 4 is 17.7 Å². The van der Waals surface area contributed by atoms with Gasteiger partial charge in [-0.3, -0.25) is 14.4 Å². The molecule has 2 aliphatic heterocycles. The monoisotopic (exact) mass is 493 g/mol. The second-order valence-electron chi connectivity index (χ2n) is 9.23. The van der Waals surface area contributed by atoms with E-state index in [4.69, 9.17) is 9.47 Å². The van der Waals surface area contributed by atoms with Crippen LogP contribution in [0.2, 0.25) is 0 Å². The molecule has 1 atom stereocenters. The first-order valence-corrected chi connectivity index (χ1v) is 12.8. The van der Waals surface area contributed by atoms with Gasteiger partial charge in [-0.2, -0.15) is 0 Å². The number of likely N-dealkylation sites (N-methyl/N-ethyl adjacent to an activating group) is 1. The zero-order valence-corrected chi connectivity index (χ0v) is 21.1. The molecule has 2 aromatic carbocycles. The van der Waals surface area contributed by atoms with Crippen molar-refractivity contribution in [2.75, 3.05) is 33.0 Å². The molecule has 1 fully saturated rings. The number of rotatable bonds is 9. The van der Waals surface area contributed by atoms with Crippen molar-refractivity contribution in [1.82, 2.24) is 15.1 Å². The van der Waals surface area contributed by atoms with Gasteiger partial charge >= 0.3 is 0 Å². The molecule has 0 saturated carbocycles. The number of benzene rings is 2. The molecular formula is C28H35N3O5. The van der Waals surface area contributed by atoms with Crippen LogP contribution in [0.3, 0.4) is 0 Å². The maximum absolute atomic E-state index is 13.4. The van der Waals surface area contributed by atoms with Crippen LogP contribution in [0.15, 0.2) is 48.5 Å². The number of likely N-dealkylation sites (tertiary alicyclic amines) is 1. The summed E-state index contributed by atoms with van der Waals surface area (Å²) < 4.78 is 10.7. The van der Waals surface area contributed by atoms with Crippen molar-refractivity contribution < 1.29 is 23.9 Å². The number of hydrogen-bond donors (Lipinski definition) is 1. The molecule has 36 heavy (non-hydrogen) atoms. The second kappa shape index (κ2) is 11.9. The van der Waals surface area contributed by atoms with Gasteiger partial charge in [-0.1, -0.05) is 30.3 Å². The van der Waals surface area contributed by atoms with E-state index in [1.54, 1.807) is 23.1 Å². The lowest BCUT2D eigenvalue weighted by atomic mass is 9.88. The predicted molar refractivity (Wildman–Crippen MR) is 136 cm³/mol. The summed E-state index contributed by atoms with van der Waals surface area (Å²) in [7, 11) is 0. The molecule has 0 spiro atoms. The van der Waals surface area contributed by atoms with Gasteiger partial charge in [0, 0.05) is 38.2 Å².